The monoisotopic (exact) mass is 624 g/mol. The molecule has 1 saturated carbocycles. The number of aromatic nitrogens is 2. The summed E-state index contributed by atoms with van der Waals surface area (Å²) in [4.78, 5) is 35.3. The van der Waals surface area contributed by atoms with E-state index < -0.39 is 17.8 Å². The molecule has 2 amide bonds. The van der Waals surface area contributed by atoms with Crippen LogP contribution in [0.2, 0.25) is 0 Å². The summed E-state index contributed by atoms with van der Waals surface area (Å²) in [6, 6.07) is 21.2. The van der Waals surface area contributed by atoms with Gasteiger partial charge in [-0.25, -0.2) is 9.78 Å². The third kappa shape index (κ3) is 7.26. The normalized spacial score (nSPS) is 16.9. The van der Waals surface area contributed by atoms with Crippen molar-refractivity contribution in [1.82, 2.24) is 19.4 Å². The summed E-state index contributed by atoms with van der Waals surface area (Å²) in [5.41, 5.74) is 5.83. The molecule has 6 rings (SSSR count). The summed E-state index contributed by atoms with van der Waals surface area (Å²) in [7, 11) is 1.71. The number of rotatable bonds is 10. The summed E-state index contributed by atoms with van der Waals surface area (Å²) in [5.74, 6) is -0.0892. The Bertz CT molecular complexity index is 1660. The van der Waals surface area contributed by atoms with Gasteiger partial charge in [-0.2, -0.15) is 0 Å². The minimum absolute atomic E-state index is 0.0892. The predicted molar refractivity (Wildman–Crippen MR) is 178 cm³/mol. The molecule has 242 valence electrons. The van der Waals surface area contributed by atoms with Crippen LogP contribution in [0.5, 0.6) is 0 Å². The Morgan fingerprint density at radius 3 is 2.41 bits per heavy atom. The SMILES string of the molecule is COCCCn1cc(CN(C(=O)[C@H]2CN(C(=O)OC(C)(C)C)CCO2)C2CC2)c2c(-c3ccc(-c4ccccc4)cc3)ccnc21. The fraction of sp³-hybridized carbons (Fsp3) is 0.432. The van der Waals surface area contributed by atoms with E-state index in [9.17, 15) is 9.59 Å². The highest BCUT2D eigenvalue weighted by Gasteiger charge is 2.40. The van der Waals surface area contributed by atoms with Crippen molar-refractivity contribution in [2.75, 3.05) is 33.4 Å². The number of ether oxygens (including phenoxy) is 3. The van der Waals surface area contributed by atoms with E-state index in [0.29, 0.717) is 26.3 Å². The van der Waals surface area contributed by atoms with Gasteiger partial charge in [-0.1, -0.05) is 54.6 Å². The third-order valence-electron chi connectivity index (χ3n) is 8.49. The average molecular weight is 625 g/mol. The van der Waals surface area contributed by atoms with Gasteiger partial charge in [0, 0.05) is 57.2 Å². The number of hydrogen-bond donors (Lipinski definition) is 0. The first-order valence-electron chi connectivity index (χ1n) is 16.2. The molecule has 2 aliphatic rings. The lowest BCUT2D eigenvalue weighted by atomic mass is 9.98. The van der Waals surface area contributed by atoms with Crippen molar-refractivity contribution >= 4 is 23.0 Å². The second-order valence-electron chi connectivity index (χ2n) is 13.2. The van der Waals surface area contributed by atoms with Gasteiger partial charge in [-0.05, 0) is 73.9 Å². The van der Waals surface area contributed by atoms with Gasteiger partial charge in [0.15, 0.2) is 6.10 Å². The second kappa shape index (κ2) is 13.6. The Balaban J connectivity index is 1.31. The first kappa shape index (κ1) is 31.8. The van der Waals surface area contributed by atoms with Crippen molar-refractivity contribution in [3.63, 3.8) is 0 Å². The lowest BCUT2D eigenvalue weighted by molar-refractivity contribution is -0.150. The highest BCUT2D eigenvalue weighted by Crippen LogP contribution is 2.36. The Labute approximate surface area is 271 Å². The molecular weight excluding hydrogens is 580 g/mol. The van der Waals surface area contributed by atoms with Crippen molar-refractivity contribution in [2.24, 2.45) is 0 Å². The van der Waals surface area contributed by atoms with E-state index >= 15 is 0 Å². The summed E-state index contributed by atoms with van der Waals surface area (Å²) in [6.45, 7) is 8.23. The Morgan fingerprint density at radius 2 is 1.72 bits per heavy atom. The quantitative estimate of drug-likeness (QED) is 0.187. The maximum absolute atomic E-state index is 14.1. The highest BCUT2D eigenvalue weighted by atomic mass is 16.6. The van der Waals surface area contributed by atoms with Crippen molar-refractivity contribution < 1.29 is 23.8 Å². The first-order chi connectivity index (χ1) is 22.2. The fourth-order valence-corrected chi connectivity index (χ4v) is 6.11. The van der Waals surface area contributed by atoms with E-state index in [1.165, 1.54) is 5.56 Å². The van der Waals surface area contributed by atoms with Crippen molar-refractivity contribution in [3.8, 4) is 22.3 Å². The summed E-state index contributed by atoms with van der Waals surface area (Å²) < 4.78 is 19.1. The maximum atomic E-state index is 14.1. The maximum Gasteiger partial charge on any atom is 0.410 e. The standard InChI is InChI=1S/C37H44N4O5/c1-37(2,3)46-36(43)40-20-22-45-32(25-40)35(42)41(30-15-16-30)24-29-23-39(19-8-21-44-4)34-33(29)31(17-18-38-34)28-13-11-27(12-14-28)26-9-6-5-7-10-26/h5-7,9-14,17-18,23,30,32H,8,15-16,19-22,24-25H2,1-4H3/t32-/m1/s1. The Hall–Kier alpha value is -4.21. The molecule has 0 unspecified atom stereocenters. The van der Waals surface area contributed by atoms with Gasteiger partial charge in [0.25, 0.3) is 5.91 Å². The molecule has 1 aliphatic heterocycles. The summed E-state index contributed by atoms with van der Waals surface area (Å²) in [6.07, 6.45) is 5.61. The van der Waals surface area contributed by atoms with Crippen LogP contribution in [0.15, 0.2) is 73.1 Å². The van der Waals surface area contributed by atoms with Crippen LogP contribution in [0.4, 0.5) is 4.79 Å². The molecule has 0 N–H and O–H groups in total. The minimum Gasteiger partial charge on any atom is -0.444 e. The fourth-order valence-electron chi connectivity index (χ4n) is 6.11. The molecule has 3 heterocycles. The van der Waals surface area contributed by atoms with Crippen LogP contribution in [0.1, 0.15) is 45.6 Å². The van der Waals surface area contributed by atoms with Gasteiger partial charge in [0.2, 0.25) is 0 Å². The molecule has 2 aromatic heterocycles. The minimum atomic E-state index is -0.736. The van der Waals surface area contributed by atoms with Crippen LogP contribution >= 0.6 is 0 Å². The molecule has 0 bridgehead atoms. The van der Waals surface area contributed by atoms with Crippen LogP contribution in [-0.4, -0.2) is 82.5 Å². The van der Waals surface area contributed by atoms with Crippen LogP contribution < -0.4 is 0 Å². The smallest absolute Gasteiger partial charge is 0.410 e. The van der Waals surface area contributed by atoms with Crippen molar-refractivity contribution in [3.05, 3.63) is 78.6 Å². The number of aryl methyl sites for hydroxylation is 1. The second-order valence-corrected chi connectivity index (χ2v) is 13.2. The van der Waals surface area contributed by atoms with Gasteiger partial charge in [-0.3, -0.25) is 4.79 Å². The lowest BCUT2D eigenvalue weighted by Gasteiger charge is -2.36. The molecule has 4 aromatic rings. The van der Waals surface area contributed by atoms with Crippen LogP contribution in [-0.2, 0) is 32.1 Å². The number of methoxy groups -OCH3 is 1. The molecule has 46 heavy (non-hydrogen) atoms. The topological polar surface area (TPSA) is 86.1 Å². The van der Waals surface area contributed by atoms with E-state index in [-0.39, 0.29) is 18.5 Å². The number of amides is 2. The third-order valence-corrected chi connectivity index (χ3v) is 8.49. The van der Waals surface area contributed by atoms with Crippen LogP contribution in [0.25, 0.3) is 33.3 Å². The number of pyridine rings is 1. The predicted octanol–water partition coefficient (Wildman–Crippen LogP) is 6.53. The zero-order valence-electron chi connectivity index (χ0n) is 27.3. The van der Waals surface area contributed by atoms with E-state index in [2.05, 4.69) is 65.4 Å². The number of fused-ring (bicyclic) bond motifs is 1. The number of carbonyl (C=O) groups excluding carboxylic acids is 2. The first-order valence-corrected chi connectivity index (χ1v) is 16.2. The largest absolute Gasteiger partial charge is 0.444 e. The van der Waals surface area contributed by atoms with Crippen molar-refractivity contribution in [2.45, 2.75) is 70.9 Å². The van der Waals surface area contributed by atoms with Gasteiger partial charge in [0.1, 0.15) is 11.2 Å². The van der Waals surface area contributed by atoms with Gasteiger partial charge in [-0.15, -0.1) is 0 Å². The van der Waals surface area contributed by atoms with E-state index in [4.69, 9.17) is 19.2 Å². The van der Waals surface area contributed by atoms with Gasteiger partial charge in [0.05, 0.1) is 13.2 Å². The average Bonchev–Trinajstić information content (AvgIpc) is 3.85. The van der Waals surface area contributed by atoms with E-state index in [1.54, 1.807) is 12.0 Å². The molecule has 1 saturated heterocycles. The molecule has 2 aromatic carbocycles. The lowest BCUT2D eigenvalue weighted by Crippen LogP contribution is -2.53. The number of benzene rings is 2. The van der Waals surface area contributed by atoms with Crippen LogP contribution in [0, 0.1) is 0 Å². The molecule has 1 aliphatic carbocycles. The Kier molecular flexibility index (Phi) is 9.42. The molecule has 0 radical (unpaired) electrons. The number of carbonyl (C=O) groups is 2. The van der Waals surface area contributed by atoms with E-state index in [1.807, 2.05) is 37.9 Å². The molecule has 0 spiro atoms. The van der Waals surface area contributed by atoms with Gasteiger partial charge < -0.3 is 28.6 Å². The summed E-state index contributed by atoms with van der Waals surface area (Å²) >= 11 is 0. The van der Waals surface area contributed by atoms with Gasteiger partial charge >= 0.3 is 6.09 Å². The van der Waals surface area contributed by atoms with Crippen molar-refractivity contribution in [1.29, 1.82) is 0 Å². The summed E-state index contributed by atoms with van der Waals surface area (Å²) in [5, 5.41) is 1.05. The van der Waals surface area contributed by atoms with Crippen LogP contribution in [0.3, 0.4) is 0 Å². The number of nitrogens with zero attached hydrogens (tertiary/aromatic N) is 4. The van der Waals surface area contributed by atoms with E-state index in [0.717, 1.165) is 59.1 Å². The molecule has 2 fully saturated rings. The Morgan fingerprint density at radius 1 is 1.00 bits per heavy atom. The highest BCUT2D eigenvalue weighted by molar-refractivity contribution is 5.96. The molecule has 9 heteroatoms. The molecule has 9 nitrogen and oxygen atoms in total. The molecule has 1 atom stereocenters. The molecular formula is C37H44N4O5. The number of hydrogen-bond acceptors (Lipinski definition) is 6. The number of morpholine rings is 1. The zero-order valence-corrected chi connectivity index (χ0v) is 27.3. The zero-order chi connectivity index (χ0) is 32.3.